The summed E-state index contributed by atoms with van der Waals surface area (Å²) < 4.78 is 24.0. The molecule has 678 valence electrons. The van der Waals surface area contributed by atoms with Crippen LogP contribution in [0, 0.1) is 0 Å². The lowest BCUT2D eigenvalue weighted by Gasteiger charge is -2.29. The molecule has 2 amide bonds. The lowest BCUT2D eigenvalue weighted by atomic mass is 10.1. The number of hydrogen-bond acceptors (Lipinski definition) is 12. The van der Waals surface area contributed by atoms with Crippen molar-refractivity contribution < 1.29 is 90.6 Å². The molecular formula is C97H184Br2N4O10S2. The van der Waals surface area contributed by atoms with Gasteiger partial charge in [-0.1, -0.05) is 307 Å². The predicted octanol–water partition coefficient (Wildman–Crippen LogP) is 21.0. The first kappa shape index (κ1) is 119. The maximum atomic E-state index is 13.2. The van der Waals surface area contributed by atoms with E-state index in [4.69, 9.17) is 18.9 Å². The van der Waals surface area contributed by atoms with Crippen molar-refractivity contribution >= 4 is 58.5 Å². The number of hydrogen-bond donors (Lipinski definition) is 0. The maximum Gasteiger partial charge on any atom is 0.305 e. The highest BCUT2D eigenvalue weighted by Crippen LogP contribution is 2.19. The molecule has 0 aliphatic rings. The number of unbranched alkanes of at least 4 members (excludes halogenated alkanes) is 44. The van der Waals surface area contributed by atoms with E-state index in [1.165, 1.54) is 243 Å². The normalized spacial score (nSPS) is 11.7. The molecule has 0 N–H and O–H groups in total. The van der Waals surface area contributed by atoms with Gasteiger partial charge in [-0.3, -0.25) is 28.8 Å². The van der Waals surface area contributed by atoms with Crippen molar-refractivity contribution in [2.24, 2.45) is 0 Å². The van der Waals surface area contributed by atoms with Crippen LogP contribution in [-0.4, -0.2) is 178 Å². The van der Waals surface area contributed by atoms with Crippen molar-refractivity contribution in [3.63, 3.8) is 0 Å². The van der Waals surface area contributed by atoms with Crippen LogP contribution >= 0.6 is 23.5 Å². The van der Waals surface area contributed by atoms with Gasteiger partial charge in [0.1, 0.15) is 26.4 Å². The first-order chi connectivity index (χ1) is 55.0. The molecule has 0 spiro atoms. The van der Waals surface area contributed by atoms with Crippen LogP contribution < -0.4 is 34.0 Å². The molecule has 0 aromatic rings. The fourth-order valence-corrected chi connectivity index (χ4v) is 16.1. The Labute approximate surface area is 740 Å². The number of ether oxygens (including phenoxy) is 4. The van der Waals surface area contributed by atoms with E-state index in [1.54, 1.807) is 21.6 Å². The van der Waals surface area contributed by atoms with Crippen LogP contribution in [0.3, 0.4) is 0 Å². The van der Waals surface area contributed by atoms with Gasteiger partial charge in [0.2, 0.25) is 5.91 Å². The van der Waals surface area contributed by atoms with Crippen molar-refractivity contribution in [2.75, 3.05) is 124 Å². The molecular weight excluding hydrogens is 1610 g/mol. The molecule has 18 heteroatoms. The van der Waals surface area contributed by atoms with Crippen molar-refractivity contribution in [2.45, 2.75) is 414 Å². The van der Waals surface area contributed by atoms with Gasteiger partial charge in [0, 0.05) is 31.4 Å². The molecule has 0 aliphatic carbocycles. The van der Waals surface area contributed by atoms with Crippen LogP contribution in [0.2, 0.25) is 0 Å². The van der Waals surface area contributed by atoms with Crippen LogP contribution in [0.4, 0.5) is 4.79 Å². The fraction of sp³-hybridized carbons (Fsp3) is 0.856. The molecule has 0 rings (SSSR count). The number of halogens is 2. The summed E-state index contributed by atoms with van der Waals surface area (Å²) in [5, 5.41) is -0.0527. The van der Waals surface area contributed by atoms with Gasteiger partial charge >= 0.3 is 23.9 Å². The van der Waals surface area contributed by atoms with Gasteiger partial charge in [0.25, 0.3) is 5.24 Å². The van der Waals surface area contributed by atoms with Gasteiger partial charge < -0.3 is 71.7 Å². The van der Waals surface area contributed by atoms with E-state index in [9.17, 15) is 28.8 Å². The zero-order valence-electron chi connectivity index (χ0n) is 76.7. The highest BCUT2D eigenvalue weighted by molar-refractivity contribution is 8.13. The lowest BCUT2D eigenvalue weighted by molar-refractivity contribution is -0.887. The Morgan fingerprint density at radius 2 is 0.487 bits per heavy atom. The van der Waals surface area contributed by atoms with Gasteiger partial charge in [-0.2, -0.15) is 0 Å². The molecule has 0 aromatic heterocycles. The number of rotatable bonds is 84. The van der Waals surface area contributed by atoms with E-state index in [0.717, 1.165) is 156 Å². The van der Waals surface area contributed by atoms with Crippen molar-refractivity contribution in [1.29, 1.82) is 0 Å². The summed E-state index contributed by atoms with van der Waals surface area (Å²) >= 11 is 2.95. The van der Waals surface area contributed by atoms with Gasteiger partial charge in [-0.15, -0.1) is 11.8 Å². The number of thioether (sulfide) groups is 2. The Hall–Kier alpha value is -2.64. The first-order valence-corrected chi connectivity index (χ1v) is 49.8. The average molecular weight is 1790 g/mol. The number of carbonyl (C=O) groups excluding carboxylic acids is 6. The second-order valence-corrected chi connectivity index (χ2v) is 35.7. The van der Waals surface area contributed by atoms with Crippen molar-refractivity contribution in [3.8, 4) is 0 Å². The Morgan fingerprint density at radius 3 is 0.730 bits per heavy atom. The summed E-state index contributed by atoms with van der Waals surface area (Å²) in [6.07, 6.45) is 86.2. The van der Waals surface area contributed by atoms with E-state index >= 15 is 0 Å². The topological polar surface area (TPSA) is 146 Å². The fourth-order valence-electron chi connectivity index (χ4n) is 13.9. The summed E-state index contributed by atoms with van der Waals surface area (Å²) in [5.74, 6) is 1.20. The SMILES string of the molecule is CCCCCCCC/C=C\CCCCCCCC(=O)OCCN(CCOC(=O)CCCCCCC/C=C\CCCCCCCC)C(=O)CSCC[N+](C)(C)CCC.CCCCCCCC/C=C\CCCCCCCC(=O)OCCN(CCOC(=O)CCCCCCC/C=C\CCCCCCCC)C(=O)SCC[N+](C)(C)CCC.[Br-].[Br-]. The molecule has 0 bridgehead atoms. The first-order valence-electron chi connectivity index (χ1n) is 47.6. The number of allylic oxidation sites excluding steroid dienone is 8. The third-order valence-electron chi connectivity index (χ3n) is 21.3. The molecule has 0 aromatic carbocycles. The van der Waals surface area contributed by atoms with Gasteiger partial charge in [0.15, 0.2) is 0 Å². The third-order valence-corrected chi connectivity index (χ3v) is 23.1. The van der Waals surface area contributed by atoms with Crippen molar-refractivity contribution in [1.82, 2.24) is 9.80 Å². The van der Waals surface area contributed by atoms with E-state index in [2.05, 4.69) is 118 Å². The molecule has 0 saturated carbocycles. The smallest absolute Gasteiger partial charge is 0.305 e. The van der Waals surface area contributed by atoms with E-state index in [-0.39, 0.29) is 95.4 Å². The van der Waals surface area contributed by atoms with Crippen molar-refractivity contribution in [3.05, 3.63) is 48.6 Å². The summed E-state index contributed by atoms with van der Waals surface area (Å²) in [6, 6.07) is 0. The summed E-state index contributed by atoms with van der Waals surface area (Å²) in [5.41, 5.74) is 0. The quantitative estimate of drug-likeness (QED) is 0.0188. The van der Waals surface area contributed by atoms with Crippen LogP contribution in [0.5, 0.6) is 0 Å². The predicted molar refractivity (Wildman–Crippen MR) is 489 cm³/mol. The monoisotopic (exact) mass is 1790 g/mol. The average Bonchev–Trinajstić information content (AvgIpc) is 0.924. The molecule has 0 aliphatic heterocycles. The largest absolute Gasteiger partial charge is 1.00 e. The number of amides is 2. The number of carbonyl (C=O) groups is 6. The molecule has 0 unspecified atom stereocenters. The lowest BCUT2D eigenvalue weighted by Crippen LogP contribution is -3.00. The highest BCUT2D eigenvalue weighted by Gasteiger charge is 2.21. The number of nitrogens with zero attached hydrogens (tertiary/aromatic N) is 4. The van der Waals surface area contributed by atoms with E-state index in [1.807, 2.05) is 0 Å². The zero-order valence-corrected chi connectivity index (χ0v) is 81.5. The van der Waals surface area contributed by atoms with Crippen LogP contribution in [-0.2, 0) is 42.9 Å². The summed E-state index contributed by atoms with van der Waals surface area (Å²) in [7, 11) is 8.85. The van der Waals surface area contributed by atoms with E-state index < -0.39 is 0 Å². The van der Waals surface area contributed by atoms with Gasteiger partial charge in [-0.25, -0.2) is 0 Å². The summed E-state index contributed by atoms with van der Waals surface area (Å²) in [6.45, 7) is 19.4. The number of quaternary nitrogens is 2. The second kappa shape index (κ2) is 93.6. The Bertz CT molecular complexity index is 2160. The van der Waals surface area contributed by atoms with Crippen LogP contribution in [0.15, 0.2) is 48.6 Å². The van der Waals surface area contributed by atoms with Gasteiger partial charge in [0.05, 0.1) is 92.1 Å². The second-order valence-electron chi connectivity index (χ2n) is 33.5. The Balaban J connectivity index is -0.00000105. The summed E-state index contributed by atoms with van der Waals surface area (Å²) in [4.78, 5) is 79.6. The molecule has 0 heterocycles. The van der Waals surface area contributed by atoms with Crippen LogP contribution in [0.1, 0.15) is 414 Å². The number of esters is 4. The van der Waals surface area contributed by atoms with Crippen LogP contribution in [0.25, 0.3) is 0 Å². The Kier molecular flexibility index (Phi) is 96.6. The highest BCUT2D eigenvalue weighted by atomic mass is 79.9. The third kappa shape index (κ3) is 91.9. The molecule has 0 fully saturated rings. The molecule has 0 saturated heterocycles. The molecule has 0 atom stereocenters. The Morgan fingerprint density at radius 1 is 0.270 bits per heavy atom. The molecule has 14 nitrogen and oxygen atoms in total. The van der Waals surface area contributed by atoms with E-state index in [0.29, 0.717) is 63.4 Å². The molecule has 115 heavy (non-hydrogen) atoms. The minimum absolute atomic E-state index is 0. The standard InChI is InChI=1S/C49H93N2O5S.C48H91N2O5S.2BrH/c1-6-9-11-13-15-17-19-21-23-25-27-29-31-33-35-37-48(53)55-43-39-50(47(52)46-57-45-42-51(4,5)41-8-3)40-44-56-49(54)38-36-34-32-30-28-26-24-22-20-18-16-14-12-10-7-2;1-6-9-11-13-15-17-19-21-23-25-27-29-31-33-35-37-46(51)54-43-39-49(48(53)56-45-42-50(4,5)41-8-3)40-44-55-47(52)38-36-34-32-30-28-26-24-22-20-18-16-14-12-10-7-2;;/h21-24H,6-20,25-46H2,1-5H3;21-24H,6-20,25-45H2,1-5H3;2*1H/q2*+1;;/p-2/b2*23-21-,24-22-;;. The zero-order chi connectivity index (χ0) is 83.1. The minimum Gasteiger partial charge on any atom is -1.00 e. The van der Waals surface area contributed by atoms with Gasteiger partial charge in [-0.05, 0) is 141 Å². The minimum atomic E-state index is -0.201. The maximum absolute atomic E-state index is 13.2. The molecule has 0 radical (unpaired) electrons.